The molecule has 0 unspecified atom stereocenters. The van der Waals surface area contributed by atoms with E-state index in [9.17, 15) is 14.4 Å². The van der Waals surface area contributed by atoms with E-state index in [-0.39, 0.29) is 29.4 Å². The average Bonchev–Trinajstić information content (AvgIpc) is 3.34. The highest BCUT2D eigenvalue weighted by Crippen LogP contribution is 2.31. The summed E-state index contributed by atoms with van der Waals surface area (Å²) in [6.45, 7) is 5.77. The molecular formula is C23H28N2O4S. The van der Waals surface area contributed by atoms with Crippen molar-refractivity contribution in [2.24, 2.45) is 5.92 Å². The Labute approximate surface area is 181 Å². The standard InChI is InChI=1S/C23H28N2O4S/c1-13(2)20-19(22(28)29-4)24-23(30-20)25-21(27)14(3)16-10-8-15(9-11-16)12-17-6-5-7-18(17)26/h8-11,13-14,17H,5-7,12H2,1-4H3,(H,24,25,27)/t14-,17+/m1/s1. The number of methoxy groups -OCH3 is 1. The van der Waals surface area contributed by atoms with Crippen LogP contribution in [0.3, 0.4) is 0 Å². The van der Waals surface area contributed by atoms with Crippen molar-refractivity contribution in [2.45, 2.75) is 58.3 Å². The topological polar surface area (TPSA) is 85.4 Å². The summed E-state index contributed by atoms with van der Waals surface area (Å²) in [4.78, 5) is 41.6. The van der Waals surface area contributed by atoms with Crippen molar-refractivity contribution >= 4 is 34.1 Å². The van der Waals surface area contributed by atoms with E-state index in [1.54, 1.807) is 0 Å². The Hall–Kier alpha value is -2.54. The number of esters is 1. The van der Waals surface area contributed by atoms with Crippen LogP contribution >= 0.6 is 11.3 Å². The molecule has 0 aliphatic heterocycles. The van der Waals surface area contributed by atoms with Gasteiger partial charge in [-0.05, 0) is 43.2 Å². The highest BCUT2D eigenvalue weighted by atomic mass is 32.1. The molecule has 1 aromatic heterocycles. The molecule has 2 aromatic rings. The van der Waals surface area contributed by atoms with Crippen LogP contribution in [0.1, 0.15) is 78.4 Å². The van der Waals surface area contributed by atoms with Gasteiger partial charge in [0.1, 0.15) is 5.78 Å². The van der Waals surface area contributed by atoms with E-state index in [2.05, 4.69) is 10.3 Å². The van der Waals surface area contributed by atoms with Crippen molar-refractivity contribution in [3.8, 4) is 0 Å². The van der Waals surface area contributed by atoms with Crippen LogP contribution in [0.15, 0.2) is 24.3 Å². The van der Waals surface area contributed by atoms with Gasteiger partial charge in [-0.15, -0.1) is 11.3 Å². The lowest BCUT2D eigenvalue weighted by atomic mass is 9.94. The largest absolute Gasteiger partial charge is 0.464 e. The lowest BCUT2D eigenvalue weighted by Gasteiger charge is -2.13. The van der Waals surface area contributed by atoms with Crippen LogP contribution in [-0.2, 0) is 20.7 Å². The predicted octanol–water partition coefficient (Wildman–Crippen LogP) is 4.71. The van der Waals surface area contributed by atoms with Crippen LogP contribution in [-0.4, -0.2) is 29.8 Å². The van der Waals surface area contributed by atoms with Crippen molar-refractivity contribution in [3.63, 3.8) is 0 Å². The minimum atomic E-state index is -0.500. The number of ketones is 1. The number of carbonyl (C=O) groups is 3. The van der Waals surface area contributed by atoms with E-state index in [0.29, 0.717) is 17.3 Å². The third-order valence-electron chi connectivity index (χ3n) is 5.57. The number of nitrogens with zero attached hydrogens (tertiary/aromatic N) is 1. The summed E-state index contributed by atoms with van der Waals surface area (Å²) >= 11 is 1.30. The van der Waals surface area contributed by atoms with Crippen LogP contribution in [0.25, 0.3) is 0 Å². The van der Waals surface area contributed by atoms with Crippen LogP contribution in [0.5, 0.6) is 0 Å². The molecule has 0 bridgehead atoms. The third-order valence-corrected chi connectivity index (χ3v) is 6.84. The molecule has 3 rings (SSSR count). The predicted molar refractivity (Wildman–Crippen MR) is 117 cm³/mol. The molecule has 1 saturated carbocycles. The van der Waals surface area contributed by atoms with Gasteiger partial charge in [0.15, 0.2) is 10.8 Å². The Balaban J connectivity index is 1.67. The average molecular weight is 429 g/mol. The molecule has 1 heterocycles. The van der Waals surface area contributed by atoms with E-state index in [0.717, 1.165) is 35.3 Å². The molecule has 1 fully saturated rings. The summed E-state index contributed by atoms with van der Waals surface area (Å²) in [7, 11) is 1.32. The molecule has 1 N–H and O–H groups in total. The summed E-state index contributed by atoms with van der Waals surface area (Å²) in [5.41, 5.74) is 2.27. The maximum absolute atomic E-state index is 12.7. The monoisotopic (exact) mass is 428 g/mol. The highest BCUT2D eigenvalue weighted by Gasteiger charge is 2.25. The first kappa shape index (κ1) is 22.2. The molecule has 0 spiro atoms. The van der Waals surface area contributed by atoms with Gasteiger partial charge in [-0.3, -0.25) is 9.59 Å². The molecule has 0 radical (unpaired) electrons. The zero-order chi connectivity index (χ0) is 21.8. The number of amides is 1. The van der Waals surface area contributed by atoms with Gasteiger partial charge in [-0.1, -0.05) is 38.1 Å². The molecule has 6 nitrogen and oxygen atoms in total. The zero-order valence-electron chi connectivity index (χ0n) is 17.9. The van der Waals surface area contributed by atoms with Crippen LogP contribution in [0, 0.1) is 5.92 Å². The van der Waals surface area contributed by atoms with Gasteiger partial charge in [0, 0.05) is 17.2 Å². The van der Waals surface area contributed by atoms with E-state index < -0.39 is 5.97 Å². The van der Waals surface area contributed by atoms with Crippen LogP contribution < -0.4 is 5.32 Å². The third kappa shape index (κ3) is 4.95. The second-order valence-electron chi connectivity index (χ2n) is 8.09. The van der Waals surface area contributed by atoms with E-state index in [1.165, 1.54) is 18.4 Å². The maximum Gasteiger partial charge on any atom is 0.357 e. The first-order chi connectivity index (χ1) is 14.3. The number of thiazole rings is 1. The van der Waals surface area contributed by atoms with Crippen molar-refractivity contribution in [1.82, 2.24) is 4.98 Å². The Morgan fingerprint density at radius 1 is 1.23 bits per heavy atom. The first-order valence-electron chi connectivity index (χ1n) is 10.3. The molecule has 1 aliphatic rings. The smallest absolute Gasteiger partial charge is 0.357 e. The number of carbonyl (C=O) groups excluding carboxylic acids is 3. The quantitative estimate of drug-likeness (QED) is 0.646. The lowest BCUT2D eigenvalue weighted by molar-refractivity contribution is -0.120. The molecule has 160 valence electrons. The Morgan fingerprint density at radius 2 is 1.93 bits per heavy atom. The maximum atomic E-state index is 12.7. The second-order valence-corrected chi connectivity index (χ2v) is 9.12. The number of hydrogen-bond acceptors (Lipinski definition) is 6. The van der Waals surface area contributed by atoms with Gasteiger partial charge >= 0.3 is 5.97 Å². The van der Waals surface area contributed by atoms with Gasteiger partial charge in [0.25, 0.3) is 0 Å². The summed E-state index contributed by atoms with van der Waals surface area (Å²) < 4.78 is 4.80. The summed E-state index contributed by atoms with van der Waals surface area (Å²) in [6, 6.07) is 7.89. The fourth-order valence-corrected chi connectivity index (χ4v) is 4.67. The first-order valence-corrected chi connectivity index (χ1v) is 11.1. The lowest BCUT2D eigenvalue weighted by Crippen LogP contribution is -2.19. The van der Waals surface area contributed by atoms with Gasteiger partial charge in [-0.25, -0.2) is 9.78 Å². The minimum absolute atomic E-state index is 0.0963. The van der Waals surface area contributed by atoms with Gasteiger partial charge in [0.2, 0.25) is 5.91 Å². The van der Waals surface area contributed by atoms with Gasteiger partial charge in [0.05, 0.1) is 13.0 Å². The molecule has 1 aliphatic carbocycles. The summed E-state index contributed by atoms with van der Waals surface area (Å²) in [6.07, 6.45) is 3.44. The molecular weight excluding hydrogens is 400 g/mol. The fourth-order valence-electron chi connectivity index (χ4n) is 3.72. The molecule has 30 heavy (non-hydrogen) atoms. The zero-order valence-corrected chi connectivity index (χ0v) is 18.7. The normalized spacial score (nSPS) is 17.2. The van der Waals surface area contributed by atoms with E-state index in [1.807, 2.05) is 45.0 Å². The Kier molecular flexibility index (Phi) is 7.02. The Bertz CT molecular complexity index is 933. The number of anilines is 1. The number of Topliss-reactive ketones (excluding diaryl/α,β-unsaturated/α-hetero) is 1. The number of rotatable bonds is 7. The summed E-state index contributed by atoms with van der Waals surface area (Å²) in [5.74, 6) is -0.462. The molecule has 7 heteroatoms. The van der Waals surface area contributed by atoms with Crippen LogP contribution in [0.4, 0.5) is 5.13 Å². The number of hydrogen-bond donors (Lipinski definition) is 1. The highest BCUT2D eigenvalue weighted by molar-refractivity contribution is 7.16. The molecule has 2 atom stereocenters. The number of nitrogens with one attached hydrogen (secondary N) is 1. The number of aromatic nitrogens is 1. The molecule has 1 aromatic carbocycles. The van der Waals surface area contributed by atoms with E-state index in [4.69, 9.17) is 4.74 Å². The van der Waals surface area contributed by atoms with Gasteiger partial charge in [-0.2, -0.15) is 0 Å². The number of ether oxygens (including phenoxy) is 1. The van der Waals surface area contributed by atoms with E-state index >= 15 is 0 Å². The SMILES string of the molecule is COC(=O)c1nc(NC(=O)[C@H](C)c2ccc(C[C@@H]3CCCC3=O)cc2)sc1C(C)C. The van der Waals surface area contributed by atoms with Crippen LogP contribution in [0.2, 0.25) is 0 Å². The van der Waals surface area contributed by atoms with Crippen molar-refractivity contribution < 1.29 is 19.1 Å². The molecule has 0 saturated heterocycles. The van der Waals surface area contributed by atoms with Crippen molar-refractivity contribution in [2.75, 3.05) is 12.4 Å². The van der Waals surface area contributed by atoms with Crippen molar-refractivity contribution in [1.29, 1.82) is 0 Å². The van der Waals surface area contributed by atoms with Crippen molar-refractivity contribution in [3.05, 3.63) is 46.0 Å². The molecule has 1 amide bonds. The van der Waals surface area contributed by atoms with Gasteiger partial charge < -0.3 is 10.1 Å². The summed E-state index contributed by atoms with van der Waals surface area (Å²) in [5, 5.41) is 3.23. The minimum Gasteiger partial charge on any atom is -0.464 e. The number of benzene rings is 1. The second kappa shape index (κ2) is 9.51. The fraction of sp³-hybridized carbons (Fsp3) is 0.478. The Morgan fingerprint density at radius 3 is 2.50 bits per heavy atom.